The lowest BCUT2D eigenvalue weighted by Crippen LogP contribution is -2.56. The van der Waals surface area contributed by atoms with Crippen molar-refractivity contribution in [2.75, 3.05) is 0 Å². The molecule has 4 N–H and O–H groups in total. The highest BCUT2D eigenvalue weighted by atomic mass is 35.5. The molecule has 1 aliphatic heterocycles. The maximum Gasteiger partial charge on any atom is 0.220 e. The van der Waals surface area contributed by atoms with Gasteiger partial charge in [-0.05, 0) is 43.4 Å². The highest BCUT2D eigenvalue weighted by Crippen LogP contribution is 2.36. The van der Waals surface area contributed by atoms with Crippen molar-refractivity contribution in [3.63, 3.8) is 0 Å². The van der Waals surface area contributed by atoms with Crippen LogP contribution >= 0.6 is 23.2 Å². The molecule has 0 unspecified atom stereocenters. The molecular formula is C16H21Cl2N5. The van der Waals surface area contributed by atoms with E-state index < -0.39 is 5.66 Å². The van der Waals surface area contributed by atoms with E-state index in [1.54, 1.807) is 6.07 Å². The van der Waals surface area contributed by atoms with Crippen molar-refractivity contribution in [1.82, 2.24) is 4.90 Å². The van der Waals surface area contributed by atoms with Crippen LogP contribution in [-0.2, 0) is 6.54 Å². The lowest BCUT2D eigenvalue weighted by molar-refractivity contribution is 0.144. The molecular weight excluding hydrogens is 333 g/mol. The molecule has 1 aromatic carbocycles. The Labute approximate surface area is 146 Å². The van der Waals surface area contributed by atoms with Crippen molar-refractivity contribution in [3.8, 4) is 0 Å². The molecule has 1 saturated carbocycles. The SMILES string of the molecule is NC1=NC2(CCCCCC2)N(Cc2ccc(Cl)c(Cl)c2)C(N)=N1. The van der Waals surface area contributed by atoms with E-state index in [-0.39, 0.29) is 5.96 Å². The van der Waals surface area contributed by atoms with E-state index in [9.17, 15) is 0 Å². The molecule has 5 nitrogen and oxygen atoms in total. The summed E-state index contributed by atoms with van der Waals surface area (Å²) in [5.41, 5.74) is 12.7. The third-order valence-electron chi connectivity index (χ3n) is 4.56. The van der Waals surface area contributed by atoms with Gasteiger partial charge in [-0.2, -0.15) is 4.99 Å². The van der Waals surface area contributed by atoms with Gasteiger partial charge >= 0.3 is 0 Å². The zero-order chi connectivity index (χ0) is 16.4. The average molecular weight is 354 g/mol. The number of guanidine groups is 2. The van der Waals surface area contributed by atoms with E-state index >= 15 is 0 Å². The van der Waals surface area contributed by atoms with Crippen LogP contribution in [0.25, 0.3) is 0 Å². The van der Waals surface area contributed by atoms with Crippen LogP contribution < -0.4 is 11.5 Å². The summed E-state index contributed by atoms with van der Waals surface area (Å²) in [6, 6.07) is 5.62. The average Bonchev–Trinajstić information content (AvgIpc) is 2.73. The van der Waals surface area contributed by atoms with Gasteiger partial charge in [-0.3, -0.25) is 0 Å². The molecule has 1 heterocycles. The summed E-state index contributed by atoms with van der Waals surface area (Å²) in [5, 5.41) is 1.08. The molecule has 1 aromatic rings. The summed E-state index contributed by atoms with van der Waals surface area (Å²) in [6.45, 7) is 0.586. The van der Waals surface area contributed by atoms with Crippen LogP contribution in [0, 0.1) is 0 Å². The van der Waals surface area contributed by atoms with E-state index in [1.165, 1.54) is 12.8 Å². The first-order valence-corrected chi connectivity index (χ1v) is 8.67. The second kappa shape index (κ2) is 6.57. The van der Waals surface area contributed by atoms with Gasteiger partial charge in [0.05, 0.1) is 10.0 Å². The number of nitrogens with two attached hydrogens (primary N) is 2. The second-order valence-corrected chi connectivity index (χ2v) is 6.99. The smallest absolute Gasteiger partial charge is 0.220 e. The Morgan fingerprint density at radius 3 is 2.39 bits per heavy atom. The highest BCUT2D eigenvalue weighted by molar-refractivity contribution is 6.42. The Balaban J connectivity index is 1.93. The number of hydrogen-bond donors (Lipinski definition) is 2. The van der Waals surface area contributed by atoms with Crippen LogP contribution in [0.3, 0.4) is 0 Å². The summed E-state index contributed by atoms with van der Waals surface area (Å²) in [4.78, 5) is 10.9. The third kappa shape index (κ3) is 3.40. The molecule has 7 heteroatoms. The van der Waals surface area contributed by atoms with Crippen molar-refractivity contribution in [1.29, 1.82) is 0 Å². The normalized spacial score (nSPS) is 20.9. The van der Waals surface area contributed by atoms with Gasteiger partial charge in [0.15, 0.2) is 0 Å². The summed E-state index contributed by atoms with van der Waals surface area (Å²) in [7, 11) is 0. The fourth-order valence-electron chi connectivity index (χ4n) is 3.41. The molecule has 0 bridgehead atoms. The fraction of sp³-hybridized carbons (Fsp3) is 0.500. The number of halogens is 2. The number of rotatable bonds is 2. The van der Waals surface area contributed by atoms with Gasteiger partial charge in [0, 0.05) is 6.54 Å². The third-order valence-corrected chi connectivity index (χ3v) is 5.30. The maximum absolute atomic E-state index is 6.20. The van der Waals surface area contributed by atoms with E-state index in [2.05, 4.69) is 9.89 Å². The molecule has 1 spiro atoms. The Bertz CT molecular complexity index is 648. The quantitative estimate of drug-likeness (QED) is 0.853. The minimum Gasteiger partial charge on any atom is -0.369 e. The molecule has 23 heavy (non-hydrogen) atoms. The molecule has 0 amide bonds. The zero-order valence-corrected chi connectivity index (χ0v) is 14.4. The van der Waals surface area contributed by atoms with Crippen molar-refractivity contribution in [2.24, 2.45) is 21.5 Å². The van der Waals surface area contributed by atoms with Crippen LogP contribution in [0.2, 0.25) is 10.0 Å². The van der Waals surface area contributed by atoms with Crippen LogP contribution in [-0.4, -0.2) is 22.5 Å². The topological polar surface area (TPSA) is 80.0 Å². The van der Waals surface area contributed by atoms with Crippen molar-refractivity contribution >= 4 is 35.1 Å². The van der Waals surface area contributed by atoms with Crippen LogP contribution in [0.5, 0.6) is 0 Å². The van der Waals surface area contributed by atoms with Gasteiger partial charge in [0.25, 0.3) is 0 Å². The van der Waals surface area contributed by atoms with Gasteiger partial charge in [-0.15, -0.1) is 0 Å². The Morgan fingerprint density at radius 1 is 1.04 bits per heavy atom. The zero-order valence-electron chi connectivity index (χ0n) is 12.9. The lowest BCUT2D eigenvalue weighted by atomic mass is 9.97. The fourth-order valence-corrected chi connectivity index (χ4v) is 3.74. The number of benzene rings is 1. The number of nitrogens with zero attached hydrogens (tertiary/aromatic N) is 3. The molecule has 124 valence electrons. The highest BCUT2D eigenvalue weighted by Gasteiger charge is 2.40. The van der Waals surface area contributed by atoms with Crippen molar-refractivity contribution < 1.29 is 0 Å². The van der Waals surface area contributed by atoms with Crippen LogP contribution in [0.1, 0.15) is 44.1 Å². The maximum atomic E-state index is 6.20. The summed E-state index contributed by atoms with van der Waals surface area (Å²) < 4.78 is 0. The minimum atomic E-state index is -0.390. The molecule has 0 radical (unpaired) electrons. The summed E-state index contributed by atoms with van der Waals surface area (Å²) in [6.07, 6.45) is 6.53. The van der Waals surface area contributed by atoms with Gasteiger partial charge in [0.1, 0.15) is 5.66 Å². The van der Waals surface area contributed by atoms with Gasteiger partial charge < -0.3 is 16.4 Å². The molecule has 1 aliphatic carbocycles. The Hall–Kier alpha value is -1.46. The molecule has 2 aliphatic rings. The lowest BCUT2D eigenvalue weighted by Gasteiger charge is -2.43. The second-order valence-electron chi connectivity index (χ2n) is 6.17. The summed E-state index contributed by atoms with van der Waals surface area (Å²) in [5.74, 6) is 0.695. The monoisotopic (exact) mass is 353 g/mol. The van der Waals surface area contributed by atoms with E-state index in [0.29, 0.717) is 22.5 Å². The predicted octanol–water partition coefficient (Wildman–Crippen LogP) is 3.49. The minimum absolute atomic E-state index is 0.273. The Morgan fingerprint density at radius 2 is 1.74 bits per heavy atom. The molecule has 0 aromatic heterocycles. The first-order chi connectivity index (χ1) is 11.0. The molecule has 1 fully saturated rings. The first kappa shape index (κ1) is 16.4. The predicted molar refractivity (Wildman–Crippen MR) is 95.7 cm³/mol. The first-order valence-electron chi connectivity index (χ1n) is 7.91. The molecule has 0 atom stereocenters. The standard InChI is InChI=1S/C16H21Cl2N5/c17-12-6-5-11(9-13(12)18)10-23-15(20)21-14(19)22-16(23)7-3-1-2-4-8-16/h5-6,9H,1-4,7-8,10H2,(H4,19,20,21,22). The van der Waals surface area contributed by atoms with Crippen molar-refractivity contribution in [2.45, 2.75) is 50.7 Å². The van der Waals surface area contributed by atoms with E-state index in [4.69, 9.17) is 39.7 Å². The number of aliphatic imine (C=N–C) groups is 2. The van der Waals surface area contributed by atoms with E-state index in [1.807, 2.05) is 12.1 Å². The number of hydrogen-bond acceptors (Lipinski definition) is 5. The van der Waals surface area contributed by atoms with Crippen molar-refractivity contribution in [3.05, 3.63) is 33.8 Å². The van der Waals surface area contributed by atoms with E-state index in [0.717, 1.165) is 31.2 Å². The molecule has 0 saturated heterocycles. The van der Waals surface area contributed by atoms with Gasteiger partial charge in [-0.1, -0.05) is 42.1 Å². The van der Waals surface area contributed by atoms with Gasteiger partial charge in [-0.25, -0.2) is 4.99 Å². The van der Waals surface area contributed by atoms with Gasteiger partial charge in [0.2, 0.25) is 11.9 Å². The van der Waals surface area contributed by atoms with Crippen LogP contribution in [0.4, 0.5) is 0 Å². The Kier molecular flexibility index (Phi) is 4.69. The summed E-state index contributed by atoms with van der Waals surface area (Å²) >= 11 is 12.1. The van der Waals surface area contributed by atoms with Crippen LogP contribution in [0.15, 0.2) is 28.2 Å². The molecule has 3 rings (SSSR count). The largest absolute Gasteiger partial charge is 0.369 e.